The summed E-state index contributed by atoms with van der Waals surface area (Å²) < 4.78 is 0. The number of carboxylic acids is 1. The zero-order chi connectivity index (χ0) is 20.2. The molecule has 5 nitrogen and oxygen atoms in total. The molecule has 0 radical (unpaired) electrons. The van der Waals surface area contributed by atoms with E-state index < -0.39 is 5.97 Å². The normalized spacial score (nSPS) is 20.6. The van der Waals surface area contributed by atoms with Gasteiger partial charge < -0.3 is 5.11 Å². The van der Waals surface area contributed by atoms with Crippen LogP contribution in [0.1, 0.15) is 48.0 Å². The Hall–Kier alpha value is -2.86. The Morgan fingerprint density at radius 1 is 1.03 bits per heavy atom. The third-order valence-electron chi connectivity index (χ3n) is 5.21. The van der Waals surface area contributed by atoms with Crippen molar-refractivity contribution in [2.75, 3.05) is 0 Å². The summed E-state index contributed by atoms with van der Waals surface area (Å²) in [4.78, 5) is 31.5. The van der Waals surface area contributed by atoms with Crippen LogP contribution in [0.15, 0.2) is 64.5 Å². The van der Waals surface area contributed by atoms with Gasteiger partial charge >= 0.3 is 5.97 Å². The van der Waals surface area contributed by atoms with E-state index in [9.17, 15) is 9.59 Å². The number of amides is 1. The van der Waals surface area contributed by atoms with Crippen molar-refractivity contribution in [2.45, 2.75) is 38.1 Å². The highest BCUT2D eigenvalue weighted by atomic mass is 32.2. The van der Waals surface area contributed by atoms with Crippen LogP contribution in [-0.4, -0.2) is 33.1 Å². The second-order valence-electron chi connectivity index (χ2n) is 7.23. The topological polar surface area (TPSA) is 70.0 Å². The summed E-state index contributed by atoms with van der Waals surface area (Å²) in [6.45, 7) is 0. The fourth-order valence-corrected chi connectivity index (χ4v) is 4.77. The second kappa shape index (κ2) is 8.66. The van der Waals surface area contributed by atoms with E-state index in [4.69, 9.17) is 10.1 Å². The lowest BCUT2D eigenvalue weighted by Gasteiger charge is -2.30. The predicted octanol–water partition coefficient (Wildman–Crippen LogP) is 5.32. The van der Waals surface area contributed by atoms with Crippen LogP contribution in [0.2, 0.25) is 0 Å². The van der Waals surface area contributed by atoms with Crippen LogP contribution in [0.3, 0.4) is 0 Å². The van der Waals surface area contributed by atoms with E-state index in [1.807, 2.05) is 41.3 Å². The first-order valence-corrected chi connectivity index (χ1v) is 10.6. The fraction of sp³-hybridized carbons (Fsp3) is 0.261. The maximum absolute atomic E-state index is 13.2. The Bertz CT molecular complexity index is 961. The Morgan fingerprint density at radius 2 is 1.72 bits per heavy atom. The molecule has 2 fully saturated rings. The van der Waals surface area contributed by atoms with Gasteiger partial charge in [-0.1, -0.05) is 49.6 Å². The van der Waals surface area contributed by atoms with Crippen LogP contribution in [0.25, 0.3) is 6.08 Å². The molecule has 0 aromatic heterocycles. The lowest BCUT2D eigenvalue weighted by molar-refractivity contribution is -0.124. The molecule has 1 amide bonds. The predicted molar refractivity (Wildman–Crippen MR) is 116 cm³/mol. The summed E-state index contributed by atoms with van der Waals surface area (Å²) in [5.74, 6) is -0.977. The van der Waals surface area contributed by atoms with Crippen LogP contribution in [0, 0.1) is 0 Å². The molecule has 2 aliphatic rings. The number of carbonyl (C=O) groups excluding carboxylic acids is 1. The Kier molecular flexibility index (Phi) is 5.81. The van der Waals surface area contributed by atoms with E-state index in [0.717, 1.165) is 42.1 Å². The van der Waals surface area contributed by atoms with Crippen LogP contribution in [0.4, 0.5) is 5.69 Å². The molecule has 0 atom stereocenters. The maximum Gasteiger partial charge on any atom is 0.335 e. The lowest BCUT2D eigenvalue weighted by atomic mass is 9.94. The van der Waals surface area contributed by atoms with Crippen molar-refractivity contribution in [3.8, 4) is 0 Å². The van der Waals surface area contributed by atoms with Gasteiger partial charge in [-0.05, 0) is 60.5 Å². The van der Waals surface area contributed by atoms with Gasteiger partial charge in [-0.2, -0.15) is 0 Å². The molecule has 1 aliphatic carbocycles. The molecule has 1 N–H and O–H groups in total. The molecule has 1 heterocycles. The van der Waals surface area contributed by atoms with Crippen molar-refractivity contribution in [2.24, 2.45) is 4.99 Å². The zero-order valence-electron chi connectivity index (χ0n) is 16.0. The first kappa shape index (κ1) is 19.5. The molecule has 0 spiro atoms. The highest BCUT2D eigenvalue weighted by Crippen LogP contribution is 2.38. The van der Waals surface area contributed by atoms with Gasteiger partial charge in [0.05, 0.1) is 16.2 Å². The molecule has 0 bridgehead atoms. The lowest BCUT2D eigenvalue weighted by Crippen LogP contribution is -2.40. The molecule has 1 saturated carbocycles. The minimum Gasteiger partial charge on any atom is -0.478 e. The van der Waals surface area contributed by atoms with Gasteiger partial charge in [-0.25, -0.2) is 9.79 Å². The highest BCUT2D eigenvalue weighted by Gasteiger charge is 2.38. The van der Waals surface area contributed by atoms with E-state index in [2.05, 4.69) is 0 Å². The molecule has 4 rings (SSSR count). The zero-order valence-corrected chi connectivity index (χ0v) is 16.8. The highest BCUT2D eigenvalue weighted by molar-refractivity contribution is 8.18. The minimum atomic E-state index is -0.962. The standard InChI is InChI=1S/C23H22N2O3S/c26-21-20(15-16-11-13-17(14-12-16)22(27)28)29-23(24-18-7-3-1-4-8-18)25(21)19-9-5-2-6-10-19/h1,3-4,7-8,11-15,19H,2,5-6,9-10H2,(H,27,28)/b20-15-,24-23?. The molecular formula is C23H22N2O3S. The van der Waals surface area contributed by atoms with Crippen molar-refractivity contribution < 1.29 is 14.7 Å². The van der Waals surface area contributed by atoms with Gasteiger partial charge in [0, 0.05) is 6.04 Å². The summed E-state index contributed by atoms with van der Waals surface area (Å²) in [6.07, 6.45) is 7.31. The molecule has 0 unspecified atom stereocenters. The van der Waals surface area contributed by atoms with E-state index in [0.29, 0.717) is 4.91 Å². The van der Waals surface area contributed by atoms with Gasteiger partial charge in [-0.3, -0.25) is 9.69 Å². The number of amidine groups is 1. The van der Waals surface area contributed by atoms with E-state index in [-0.39, 0.29) is 17.5 Å². The van der Waals surface area contributed by atoms with E-state index in [1.54, 1.807) is 24.3 Å². The third kappa shape index (κ3) is 4.43. The third-order valence-corrected chi connectivity index (χ3v) is 6.20. The number of benzene rings is 2. The Balaban J connectivity index is 1.66. The molecule has 2 aromatic rings. The molecule has 2 aromatic carbocycles. The molecule has 1 aliphatic heterocycles. The summed E-state index contributed by atoms with van der Waals surface area (Å²) in [5, 5.41) is 9.78. The first-order valence-electron chi connectivity index (χ1n) is 9.82. The maximum atomic E-state index is 13.2. The van der Waals surface area contributed by atoms with Crippen molar-refractivity contribution in [3.05, 3.63) is 70.6 Å². The van der Waals surface area contributed by atoms with Crippen molar-refractivity contribution >= 4 is 40.6 Å². The smallest absolute Gasteiger partial charge is 0.335 e. The number of aliphatic imine (C=N–C) groups is 1. The number of hydrogen-bond donors (Lipinski definition) is 1. The average molecular weight is 407 g/mol. The number of aromatic carboxylic acids is 1. The summed E-state index contributed by atoms with van der Waals surface area (Å²) in [7, 11) is 0. The number of rotatable bonds is 4. The van der Waals surface area contributed by atoms with Crippen LogP contribution < -0.4 is 0 Å². The van der Waals surface area contributed by atoms with Crippen molar-refractivity contribution in [1.82, 2.24) is 4.90 Å². The molecule has 148 valence electrons. The fourth-order valence-electron chi connectivity index (χ4n) is 3.71. The molecule has 6 heteroatoms. The van der Waals surface area contributed by atoms with Crippen LogP contribution >= 0.6 is 11.8 Å². The van der Waals surface area contributed by atoms with Gasteiger partial charge in [0.25, 0.3) is 5.91 Å². The van der Waals surface area contributed by atoms with Crippen LogP contribution in [0.5, 0.6) is 0 Å². The van der Waals surface area contributed by atoms with Gasteiger partial charge in [0.1, 0.15) is 0 Å². The van der Waals surface area contributed by atoms with Crippen LogP contribution in [-0.2, 0) is 4.79 Å². The average Bonchev–Trinajstić information content (AvgIpc) is 3.04. The number of nitrogens with zero attached hydrogens (tertiary/aromatic N) is 2. The first-order chi connectivity index (χ1) is 14.1. The van der Waals surface area contributed by atoms with Gasteiger partial charge in [0.2, 0.25) is 0 Å². The van der Waals surface area contributed by atoms with Crippen molar-refractivity contribution in [3.63, 3.8) is 0 Å². The van der Waals surface area contributed by atoms with Gasteiger partial charge in [0.15, 0.2) is 5.17 Å². The molecule has 1 saturated heterocycles. The minimum absolute atomic E-state index is 0.0149. The largest absolute Gasteiger partial charge is 0.478 e. The van der Waals surface area contributed by atoms with Crippen molar-refractivity contribution in [1.29, 1.82) is 0 Å². The summed E-state index contributed by atoms with van der Waals surface area (Å²) in [6, 6.07) is 16.4. The van der Waals surface area contributed by atoms with E-state index >= 15 is 0 Å². The number of thioether (sulfide) groups is 1. The monoisotopic (exact) mass is 406 g/mol. The van der Waals surface area contributed by atoms with E-state index in [1.165, 1.54) is 18.2 Å². The number of carboxylic acid groups (broad SMARTS) is 1. The molecule has 29 heavy (non-hydrogen) atoms. The summed E-state index contributed by atoms with van der Waals surface area (Å²) >= 11 is 1.39. The number of para-hydroxylation sites is 1. The summed E-state index contributed by atoms with van der Waals surface area (Å²) in [5.41, 5.74) is 1.86. The van der Waals surface area contributed by atoms with Gasteiger partial charge in [-0.15, -0.1) is 0 Å². The SMILES string of the molecule is O=C(O)c1ccc(/C=C2\SC(=Nc3ccccc3)N(C3CCCCC3)C2=O)cc1. The molecular weight excluding hydrogens is 384 g/mol. The quantitative estimate of drug-likeness (QED) is 0.698. The second-order valence-corrected chi connectivity index (χ2v) is 8.24. The number of carbonyl (C=O) groups is 2. The Morgan fingerprint density at radius 3 is 2.38 bits per heavy atom. The Labute approximate surface area is 174 Å². The number of hydrogen-bond acceptors (Lipinski definition) is 4.